The first kappa shape index (κ1) is 29.0. The molecule has 2 aromatic carbocycles. The van der Waals surface area contributed by atoms with Crippen molar-refractivity contribution in [2.24, 2.45) is 0 Å². The van der Waals surface area contributed by atoms with E-state index in [0.29, 0.717) is 24.7 Å². The van der Waals surface area contributed by atoms with E-state index in [1.807, 2.05) is 0 Å². The maximum Gasteiger partial charge on any atom is 0.335 e. The molecule has 10 heteroatoms. The monoisotopic (exact) mass is 570 g/mol. The maximum atomic E-state index is 11.0. The molecule has 0 heterocycles. The number of aromatic carboxylic acids is 1. The van der Waals surface area contributed by atoms with Crippen LogP contribution in [0, 0.1) is 0 Å². The van der Waals surface area contributed by atoms with Gasteiger partial charge in [-0.05, 0) is 31.0 Å². The Morgan fingerprint density at radius 2 is 1.18 bits per heavy atom. The summed E-state index contributed by atoms with van der Waals surface area (Å²) in [5, 5.41) is 9.76. The van der Waals surface area contributed by atoms with E-state index in [0.717, 1.165) is 51.4 Å². The second-order valence-corrected chi connectivity index (χ2v) is 9.48. The molecule has 0 aliphatic carbocycles. The zero-order chi connectivity index (χ0) is 25.1. The van der Waals surface area contributed by atoms with Gasteiger partial charge in [0.05, 0.1) is 41.0 Å². The van der Waals surface area contributed by atoms with E-state index >= 15 is 0 Å². The lowest BCUT2D eigenvalue weighted by Gasteiger charge is -2.13. The van der Waals surface area contributed by atoms with Crippen molar-refractivity contribution in [1.82, 2.24) is 0 Å². The molecule has 0 saturated heterocycles. The number of ether oxygens (including phenoxy) is 3. The molecular weight excluding hydrogens is 546 g/mol. The van der Waals surface area contributed by atoms with Gasteiger partial charge in [0, 0.05) is 0 Å². The highest BCUT2D eigenvalue weighted by molar-refractivity contribution is 6.55. The van der Waals surface area contributed by atoms with Gasteiger partial charge in [0.15, 0.2) is 17.2 Å². The largest absolute Gasteiger partial charge is 0.493 e. The molecule has 0 aromatic heterocycles. The number of carboxylic acids is 1. The molecule has 0 radical (unpaired) electrons. The number of benzene rings is 2. The van der Waals surface area contributed by atoms with E-state index in [-0.39, 0.29) is 36.4 Å². The molecular formula is C24H27Cl5O5. The van der Waals surface area contributed by atoms with Crippen molar-refractivity contribution in [2.75, 3.05) is 20.3 Å². The van der Waals surface area contributed by atoms with Crippen molar-refractivity contribution in [1.29, 1.82) is 0 Å². The van der Waals surface area contributed by atoms with E-state index < -0.39 is 5.97 Å². The van der Waals surface area contributed by atoms with Gasteiger partial charge in [0.25, 0.3) is 0 Å². The normalized spacial score (nSPS) is 10.9. The fourth-order valence-corrected chi connectivity index (χ4v) is 4.48. The lowest BCUT2D eigenvalue weighted by molar-refractivity contribution is 0.0696. The van der Waals surface area contributed by atoms with Crippen molar-refractivity contribution in [3.8, 4) is 17.2 Å². The molecule has 2 rings (SSSR count). The summed E-state index contributed by atoms with van der Waals surface area (Å²) in [5.74, 6) is 0.249. The van der Waals surface area contributed by atoms with Gasteiger partial charge in [-0.15, -0.1) is 0 Å². The average molecular weight is 573 g/mol. The summed E-state index contributed by atoms with van der Waals surface area (Å²) in [5.41, 5.74) is 0.169. The number of unbranched alkanes of at least 4 members (excludes halogenated alkanes) is 7. The van der Waals surface area contributed by atoms with Crippen LogP contribution in [0.15, 0.2) is 18.2 Å². The predicted molar refractivity (Wildman–Crippen MR) is 139 cm³/mol. The molecule has 5 nitrogen and oxygen atoms in total. The number of carbonyl (C=O) groups is 1. The Bertz CT molecular complexity index is 938. The third-order valence-electron chi connectivity index (χ3n) is 5.12. The van der Waals surface area contributed by atoms with Crippen LogP contribution in [0.1, 0.15) is 61.7 Å². The summed E-state index contributed by atoms with van der Waals surface area (Å²) < 4.78 is 16.6. The van der Waals surface area contributed by atoms with Crippen LogP contribution in [0.25, 0.3) is 0 Å². The standard InChI is InChI=1S/C24H27Cl5O5/c1-32-17-14-15(24(30)31)10-11-16(17)33-12-8-6-4-2-3-5-7-9-13-34-23-21(28)19(26)18(25)20(27)22(23)29/h10-11,14H,2-9,12-13H2,1H3,(H,30,31). The molecule has 188 valence electrons. The second kappa shape index (κ2) is 15.0. The number of hydrogen-bond donors (Lipinski definition) is 1. The smallest absolute Gasteiger partial charge is 0.335 e. The molecule has 0 unspecified atom stereocenters. The number of halogens is 5. The first-order valence-electron chi connectivity index (χ1n) is 11.0. The van der Waals surface area contributed by atoms with Crippen LogP contribution in [-0.2, 0) is 0 Å². The molecule has 0 aliphatic heterocycles. The number of rotatable bonds is 15. The average Bonchev–Trinajstić information content (AvgIpc) is 2.83. The zero-order valence-corrected chi connectivity index (χ0v) is 22.6. The third kappa shape index (κ3) is 8.46. The van der Waals surface area contributed by atoms with Gasteiger partial charge in [-0.1, -0.05) is 96.5 Å². The Morgan fingerprint density at radius 3 is 1.68 bits per heavy atom. The lowest BCUT2D eigenvalue weighted by Crippen LogP contribution is -2.02. The molecule has 34 heavy (non-hydrogen) atoms. The molecule has 0 atom stereocenters. The quantitative estimate of drug-likeness (QED) is 0.131. The van der Waals surface area contributed by atoms with Crippen molar-refractivity contribution in [3.63, 3.8) is 0 Å². The minimum Gasteiger partial charge on any atom is -0.493 e. The Hall–Kier alpha value is -1.24. The molecule has 2 aromatic rings. The van der Waals surface area contributed by atoms with Gasteiger partial charge >= 0.3 is 5.97 Å². The van der Waals surface area contributed by atoms with Crippen molar-refractivity contribution in [2.45, 2.75) is 51.4 Å². The van der Waals surface area contributed by atoms with Gasteiger partial charge in [0.2, 0.25) is 0 Å². The molecule has 0 spiro atoms. The highest BCUT2D eigenvalue weighted by atomic mass is 35.5. The highest BCUT2D eigenvalue weighted by Crippen LogP contribution is 2.48. The molecule has 0 bridgehead atoms. The maximum absolute atomic E-state index is 11.0. The van der Waals surface area contributed by atoms with Gasteiger partial charge in [-0.2, -0.15) is 0 Å². The minimum atomic E-state index is -0.998. The molecule has 1 N–H and O–H groups in total. The van der Waals surface area contributed by atoms with Crippen molar-refractivity contribution >= 4 is 64.0 Å². The summed E-state index contributed by atoms with van der Waals surface area (Å²) in [6.45, 7) is 1.02. The van der Waals surface area contributed by atoms with E-state index in [1.165, 1.54) is 19.2 Å². The summed E-state index contributed by atoms with van der Waals surface area (Å²) in [6, 6.07) is 4.60. The molecule has 0 amide bonds. The summed E-state index contributed by atoms with van der Waals surface area (Å²) in [4.78, 5) is 11.0. The van der Waals surface area contributed by atoms with Crippen LogP contribution in [0.2, 0.25) is 25.1 Å². The van der Waals surface area contributed by atoms with E-state index in [9.17, 15) is 4.79 Å². The minimum absolute atomic E-state index is 0.117. The van der Waals surface area contributed by atoms with Gasteiger partial charge in [-0.3, -0.25) is 0 Å². The fourth-order valence-electron chi connectivity index (χ4n) is 3.25. The van der Waals surface area contributed by atoms with Crippen LogP contribution in [0.5, 0.6) is 17.2 Å². The van der Waals surface area contributed by atoms with Crippen LogP contribution >= 0.6 is 58.0 Å². The number of methoxy groups -OCH3 is 1. The topological polar surface area (TPSA) is 65.0 Å². The lowest BCUT2D eigenvalue weighted by atomic mass is 10.1. The van der Waals surface area contributed by atoms with Crippen LogP contribution in [-0.4, -0.2) is 31.4 Å². The predicted octanol–water partition coefficient (Wildman–Crippen LogP) is 9.24. The summed E-state index contributed by atoms with van der Waals surface area (Å²) in [6.07, 6.45) is 8.40. The zero-order valence-electron chi connectivity index (χ0n) is 18.8. The van der Waals surface area contributed by atoms with E-state index in [1.54, 1.807) is 6.07 Å². The number of hydrogen-bond acceptors (Lipinski definition) is 4. The van der Waals surface area contributed by atoms with Gasteiger partial charge in [-0.25, -0.2) is 4.79 Å². The van der Waals surface area contributed by atoms with Gasteiger partial charge in [0.1, 0.15) is 10.0 Å². The molecule has 0 fully saturated rings. The van der Waals surface area contributed by atoms with Crippen LogP contribution in [0.3, 0.4) is 0 Å². The fraction of sp³-hybridized carbons (Fsp3) is 0.458. The Kier molecular flexibility index (Phi) is 12.8. The SMILES string of the molecule is COc1cc(C(=O)O)ccc1OCCCCCCCCCCOc1c(Cl)c(Cl)c(Cl)c(Cl)c1Cl. The van der Waals surface area contributed by atoms with E-state index in [4.69, 9.17) is 77.3 Å². The first-order chi connectivity index (χ1) is 16.3. The highest BCUT2D eigenvalue weighted by Gasteiger charge is 2.20. The summed E-state index contributed by atoms with van der Waals surface area (Å²) in [7, 11) is 1.49. The Labute approximate surface area is 225 Å². The van der Waals surface area contributed by atoms with Crippen LogP contribution < -0.4 is 14.2 Å². The number of carboxylic acid groups (broad SMARTS) is 1. The second-order valence-electron chi connectivity index (χ2n) is 7.60. The molecule has 0 saturated carbocycles. The van der Waals surface area contributed by atoms with Crippen molar-refractivity contribution in [3.05, 3.63) is 48.9 Å². The Balaban J connectivity index is 1.54. The third-order valence-corrected chi connectivity index (χ3v) is 7.36. The van der Waals surface area contributed by atoms with Crippen LogP contribution in [0.4, 0.5) is 0 Å². The van der Waals surface area contributed by atoms with Crippen molar-refractivity contribution < 1.29 is 24.1 Å². The Morgan fingerprint density at radius 1 is 0.706 bits per heavy atom. The van der Waals surface area contributed by atoms with Gasteiger partial charge < -0.3 is 19.3 Å². The summed E-state index contributed by atoms with van der Waals surface area (Å²) >= 11 is 30.4. The van der Waals surface area contributed by atoms with E-state index in [2.05, 4.69) is 0 Å². The first-order valence-corrected chi connectivity index (χ1v) is 12.8. The molecule has 0 aliphatic rings.